The molecule has 0 saturated carbocycles. The van der Waals surface area contributed by atoms with E-state index in [9.17, 15) is 9.59 Å². The number of thiol groups is 2. The first kappa shape index (κ1) is 12.9. The molecule has 0 radical (unpaired) electrons. The number of likely N-dealkylation sites (tertiary alicyclic amines) is 1. The summed E-state index contributed by atoms with van der Waals surface area (Å²) in [5.74, 6) is -0.0254. The highest BCUT2D eigenvalue weighted by molar-refractivity contribution is 7.99. The van der Waals surface area contributed by atoms with Gasteiger partial charge in [-0.3, -0.25) is 14.5 Å². The van der Waals surface area contributed by atoms with E-state index < -0.39 is 0 Å². The molecule has 0 aromatic carbocycles. The Morgan fingerprint density at radius 2 is 1.67 bits per heavy atom. The van der Waals surface area contributed by atoms with E-state index in [1.807, 2.05) is 0 Å². The van der Waals surface area contributed by atoms with Crippen molar-refractivity contribution in [3.05, 3.63) is 0 Å². The molecule has 3 nitrogen and oxygen atoms in total. The van der Waals surface area contributed by atoms with Crippen LogP contribution in [0.15, 0.2) is 0 Å². The Balaban J connectivity index is 2.09. The van der Waals surface area contributed by atoms with Crippen LogP contribution in [0.1, 0.15) is 38.5 Å². The second-order valence-electron chi connectivity index (χ2n) is 3.77. The fourth-order valence-electron chi connectivity index (χ4n) is 1.65. The van der Waals surface area contributed by atoms with Crippen molar-refractivity contribution < 1.29 is 9.59 Å². The number of carbonyl (C=O) groups is 2. The van der Waals surface area contributed by atoms with Crippen molar-refractivity contribution in [2.75, 3.05) is 6.54 Å². The van der Waals surface area contributed by atoms with E-state index in [4.69, 9.17) is 0 Å². The van der Waals surface area contributed by atoms with Crippen molar-refractivity contribution in [1.82, 2.24) is 4.90 Å². The Morgan fingerprint density at radius 3 is 2.20 bits per heavy atom. The van der Waals surface area contributed by atoms with Crippen LogP contribution >= 0.6 is 25.3 Å². The molecule has 1 aliphatic heterocycles. The van der Waals surface area contributed by atoms with Gasteiger partial charge in [-0.15, -0.1) is 0 Å². The van der Waals surface area contributed by atoms with Crippen molar-refractivity contribution in [3.8, 4) is 0 Å². The summed E-state index contributed by atoms with van der Waals surface area (Å²) in [6, 6.07) is 0. The minimum absolute atomic E-state index is 0.0127. The Labute approximate surface area is 101 Å². The summed E-state index contributed by atoms with van der Waals surface area (Å²) in [6.07, 6.45) is 4.73. The van der Waals surface area contributed by atoms with Crippen LogP contribution in [-0.2, 0) is 9.59 Å². The van der Waals surface area contributed by atoms with Crippen LogP contribution in [0.2, 0.25) is 0 Å². The zero-order valence-corrected chi connectivity index (χ0v) is 10.5. The third kappa shape index (κ3) is 4.47. The lowest BCUT2D eigenvalue weighted by Crippen LogP contribution is -2.29. The highest BCUT2D eigenvalue weighted by Crippen LogP contribution is 2.15. The normalized spacial score (nSPS) is 16.9. The van der Waals surface area contributed by atoms with Gasteiger partial charge in [0.1, 0.15) is 0 Å². The molecule has 1 rings (SSSR count). The SMILES string of the molecule is O=C1CCC(=O)N1CCCCCC(S)S. The minimum Gasteiger partial charge on any atom is -0.283 e. The molecule has 15 heavy (non-hydrogen) atoms. The first-order chi connectivity index (χ1) is 7.11. The highest BCUT2D eigenvalue weighted by Gasteiger charge is 2.27. The molecule has 1 fully saturated rings. The van der Waals surface area contributed by atoms with Gasteiger partial charge in [0.2, 0.25) is 11.8 Å². The third-order valence-electron chi connectivity index (χ3n) is 2.50. The van der Waals surface area contributed by atoms with Crippen LogP contribution in [0.4, 0.5) is 0 Å². The van der Waals surface area contributed by atoms with E-state index in [1.165, 1.54) is 4.90 Å². The number of hydrogen-bond acceptors (Lipinski definition) is 4. The van der Waals surface area contributed by atoms with Crippen LogP contribution < -0.4 is 0 Å². The van der Waals surface area contributed by atoms with Crippen LogP contribution in [-0.4, -0.2) is 27.8 Å². The molecule has 0 bridgehead atoms. The number of imide groups is 1. The molecule has 86 valence electrons. The maximum atomic E-state index is 11.2. The summed E-state index contributed by atoms with van der Waals surface area (Å²) in [5.41, 5.74) is 0. The van der Waals surface area contributed by atoms with Gasteiger partial charge in [-0.2, -0.15) is 25.3 Å². The first-order valence-corrected chi connectivity index (χ1v) is 6.34. The summed E-state index contributed by atoms with van der Waals surface area (Å²) in [7, 11) is 0. The van der Waals surface area contributed by atoms with Gasteiger partial charge in [0.05, 0.1) is 0 Å². The number of carbonyl (C=O) groups excluding carboxylic acids is 2. The monoisotopic (exact) mass is 247 g/mol. The zero-order valence-electron chi connectivity index (χ0n) is 8.69. The second kappa shape index (κ2) is 6.43. The standard InChI is InChI=1S/C10H17NO2S2/c12-8-5-6-9(13)11(8)7-3-1-2-4-10(14)15/h10,14-15H,1-7H2. The first-order valence-electron chi connectivity index (χ1n) is 5.30. The van der Waals surface area contributed by atoms with Crippen molar-refractivity contribution in [2.24, 2.45) is 0 Å². The van der Waals surface area contributed by atoms with Gasteiger partial charge >= 0.3 is 0 Å². The van der Waals surface area contributed by atoms with Gasteiger partial charge in [-0.25, -0.2) is 0 Å². The van der Waals surface area contributed by atoms with E-state index in [0.29, 0.717) is 19.4 Å². The number of rotatable bonds is 6. The average molecular weight is 247 g/mol. The maximum absolute atomic E-state index is 11.2. The van der Waals surface area contributed by atoms with E-state index in [1.54, 1.807) is 0 Å². The van der Waals surface area contributed by atoms with Crippen molar-refractivity contribution in [2.45, 2.75) is 43.1 Å². The predicted molar refractivity (Wildman–Crippen MR) is 66.2 cm³/mol. The molecule has 1 heterocycles. The fourth-order valence-corrected chi connectivity index (χ4v) is 2.01. The van der Waals surface area contributed by atoms with E-state index in [0.717, 1.165) is 25.7 Å². The van der Waals surface area contributed by atoms with Crippen molar-refractivity contribution in [1.29, 1.82) is 0 Å². The van der Waals surface area contributed by atoms with E-state index in [-0.39, 0.29) is 16.4 Å². The van der Waals surface area contributed by atoms with Crippen LogP contribution in [0, 0.1) is 0 Å². The van der Waals surface area contributed by atoms with Crippen LogP contribution in [0.25, 0.3) is 0 Å². The quantitative estimate of drug-likeness (QED) is 0.325. The molecule has 1 aliphatic rings. The molecule has 0 aliphatic carbocycles. The molecule has 0 spiro atoms. The molecule has 0 atom stereocenters. The van der Waals surface area contributed by atoms with Gasteiger partial charge in [-0.05, 0) is 12.8 Å². The van der Waals surface area contributed by atoms with E-state index >= 15 is 0 Å². The second-order valence-corrected chi connectivity index (χ2v) is 5.42. The summed E-state index contributed by atoms with van der Waals surface area (Å²) >= 11 is 8.32. The van der Waals surface area contributed by atoms with Gasteiger partial charge in [-0.1, -0.05) is 12.8 Å². The lowest BCUT2D eigenvalue weighted by atomic mass is 10.2. The average Bonchev–Trinajstić information content (AvgIpc) is 2.47. The number of amides is 2. The van der Waals surface area contributed by atoms with Crippen molar-refractivity contribution >= 4 is 37.1 Å². The minimum atomic E-state index is -0.0127. The maximum Gasteiger partial charge on any atom is 0.229 e. The largest absolute Gasteiger partial charge is 0.283 e. The lowest BCUT2D eigenvalue weighted by molar-refractivity contribution is -0.138. The van der Waals surface area contributed by atoms with Gasteiger partial charge in [0.15, 0.2) is 0 Å². The third-order valence-corrected chi connectivity index (χ3v) is 3.02. The molecule has 0 unspecified atom stereocenters. The molecule has 0 aromatic rings. The molecular weight excluding hydrogens is 230 g/mol. The van der Waals surface area contributed by atoms with Crippen LogP contribution in [0.3, 0.4) is 0 Å². The van der Waals surface area contributed by atoms with Crippen molar-refractivity contribution in [3.63, 3.8) is 0 Å². The van der Waals surface area contributed by atoms with E-state index in [2.05, 4.69) is 25.3 Å². The molecule has 0 N–H and O–H groups in total. The highest BCUT2D eigenvalue weighted by atomic mass is 32.2. The van der Waals surface area contributed by atoms with Crippen LogP contribution in [0.5, 0.6) is 0 Å². The Hall–Kier alpha value is -0.160. The number of nitrogens with zero attached hydrogens (tertiary/aromatic N) is 1. The summed E-state index contributed by atoms with van der Waals surface area (Å²) in [5, 5.41) is 0. The molecule has 2 amide bonds. The smallest absolute Gasteiger partial charge is 0.229 e. The van der Waals surface area contributed by atoms with Gasteiger partial charge < -0.3 is 0 Å². The summed E-state index contributed by atoms with van der Waals surface area (Å²) in [4.78, 5) is 23.9. The molecule has 0 aromatic heterocycles. The number of hydrogen-bond donors (Lipinski definition) is 2. The number of unbranched alkanes of at least 4 members (excludes halogenated alkanes) is 2. The molecular formula is C10H17NO2S2. The molecule has 5 heteroatoms. The Bertz CT molecular complexity index is 228. The fraction of sp³-hybridized carbons (Fsp3) is 0.800. The Morgan fingerprint density at radius 1 is 1.07 bits per heavy atom. The topological polar surface area (TPSA) is 37.4 Å². The summed E-state index contributed by atoms with van der Waals surface area (Å²) in [6.45, 7) is 0.585. The predicted octanol–water partition coefficient (Wildman–Crippen LogP) is 1.88. The summed E-state index contributed by atoms with van der Waals surface area (Å²) < 4.78 is 0.139. The Kier molecular flexibility index (Phi) is 5.53. The molecule has 1 saturated heterocycles. The lowest BCUT2D eigenvalue weighted by Gasteiger charge is -2.13. The van der Waals surface area contributed by atoms with Gasteiger partial charge in [0.25, 0.3) is 0 Å². The van der Waals surface area contributed by atoms with Gasteiger partial charge in [0, 0.05) is 24.0 Å². The zero-order chi connectivity index (χ0) is 11.3.